The predicted molar refractivity (Wildman–Crippen MR) is 69.8 cm³/mol. The second-order valence-electron chi connectivity index (χ2n) is 5.11. The van der Waals surface area contributed by atoms with E-state index in [2.05, 4.69) is 6.07 Å². The normalized spacial score (nSPS) is 17.1. The monoisotopic (exact) mass is 261 g/mol. The Balaban J connectivity index is 2.69. The Morgan fingerprint density at radius 3 is 2.53 bits per heavy atom. The summed E-state index contributed by atoms with van der Waals surface area (Å²) in [5, 5.41) is 9.47. The van der Waals surface area contributed by atoms with Crippen molar-refractivity contribution in [1.82, 2.24) is 0 Å². The summed E-state index contributed by atoms with van der Waals surface area (Å²) < 4.78 is 14.1. The lowest BCUT2D eigenvalue weighted by Gasteiger charge is -2.25. The second kappa shape index (κ2) is 4.54. The molecular formula is C14H16FN3O. The fraction of sp³-hybridized carbons (Fsp3) is 0.429. The van der Waals surface area contributed by atoms with E-state index in [0.717, 1.165) is 12.8 Å². The van der Waals surface area contributed by atoms with Gasteiger partial charge in [-0.25, -0.2) is 4.39 Å². The van der Waals surface area contributed by atoms with Crippen molar-refractivity contribution in [2.24, 2.45) is 5.73 Å². The number of nitrogens with two attached hydrogens (primary N) is 2. The number of hydrogen-bond donors (Lipinski definition) is 2. The molecule has 0 aromatic heterocycles. The van der Waals surface area contributed by atoms with Gasteiger partial charge in [0.05, 0.1) is 22.7 Å². The van der Waals surface area contributed by atoms with E-state index in [0.29, 0.717) is 24.0 Å². The first-order valence-corrected chi connectivity index (χ1v) is 6.23. The number of aryl methyl sites for hydroxylation is 1. The van der Waals surface area contributed by atoms with Gasteiger partial charge in [0.15, 0.2) is 5.82 Å². The van der Waals surface area contributed by atoms with Gasteiger partial charge in [-0.3, -0.25) is 4.79 Å². The van der Waals surface area contributed by atoms with E-state index in [1.54, 1.807) is 6.92 Å². The Bertz CT molecular complexity index is 583. The molecule has 0 aliphatic heterocycles. The number of amides is 1. The van der Waals surface area contributed by atoms with Crippen molar-refractivity contribution in [1.29, 1.82) is 5.26 Å². The van der Waals surface area contributed by atoms with E-state index in [4.69, 9.17) is 11.5 Å². The molecule has 0 saturated heterocycles. The molecule has 1 aliphatic rings. The van der Waals surface area contributed by atoms with Gasteiger partial charge in [-0.1, -0.05) is 12.8 Å². The molecule has 100 valence electrons. The van der Waals surface area contributed by atoms with Crippen LogP contribution in [0.5, 0.6) is 0 Å². The van der Waals surface area contributed by atoms with Gasteiger partial charge in [0.1, 0.15) is 0 Å². The van der Waals surface area contributed by atoms with Crippen molar-refractivity contribution in [2.45, 2.75) is 38.0 Å². The highest BCUT2D eigenvalue weighted by Gasteiger charge is 2.39. The largest absolute Gasteiger partial charge is 0.396 e. The molecule has 1 aliphatic carbocycles. The van der Waals surface area contributed by atoms with Crippen molar-refractivity contribution < 1.29 is 9.18 Å². The molecular weight excluding hydrogens is 245 g/mol. The number of nitrogen functional groups attached to an aromatic ring is 1. The number of anilines is 1. The first-order chi connectivity index (χ1) is 8.93. The summed E-state index contributed by atoms with van der Waals surface area (Å²) in [5.74, 6) is -1.66. The Kier molecular flexibility index (Phi) is 3.19. The molecule has 0 bridgehead atoms. The van der Waals surface area contributed by atoms with Crippen LogP contribution in [0.25, 0.3) is 0 Å². The molecule has 4 N–H and O–H groups in total. The van der Waals surface area contributed by atoms with Crippen LogP contribution in [-0.4, -0.2) is 5.91 Å². The van der Waals surface area contributed by atoms with Crippen molar-refractivity contribution >= 4 is 11.6 Å². The first-order valence-electron chi connectivity index (χ1n) is 6.23. The van der Waals surface area contributed by atoms with Crippen LogP contribution in [0.3, 0.4) is 0 Å². The number of hydrogen-bond acceptors (Lipinski definition) is 3. The standard InChI is InChI=1S/C14H16FN3O/c1-8-6-9(13(18)19)11(15)12(17)10(8)14(7-16)4-2-3-5-14/h6H,2-5,17H2,1H3,(H2,18,19). The highest BCUT2D eigenvalue weighted by atomic mass is 19.1. The molecule has 5 heteroatoms. The van der Waals surface area contributed by atoms with Gasteiger partial charge in [-0.2, -0.15) is 5.26 Å². The maximum Gasteiger partial charge on any atom is 0.251 e. The predicted octanol–water partition coefficient (Wildman–Crippen LogP) is 2.15. The van der Waals surface area contributed by atoms with Gasteiger partial charge < -0.3 is 11.5 Å². The van der Waals surface area contributed by atoms with Gasteiger partial charge >= 0.3 is 0 Å². The van der Waals surface area contributed by atoms with Gasteiger partial charge in [0.25, 0.3) is 5.91 Å². The molecule has 4 nitrogen and oxygen atoms in total. The third kappa shape index (κ3) is 1.93. The lowest BCUT2D eigenvalue weighted by atomic mass is 9.76. The molecule has 1 saturated carbocycles. The molecule has 1 aromatic rings. The van der Waals surface area contributed by atoms with Crippen LogP contribution in [-0.2, 0) is 5.41 Å². The van der Waals surface area contributed by atoms with Gasteiger partial charge in [0, 0.05) is 5.56 Å². The number of benzene rings is 1. The van der Waals surface area contributed by atoms with Crippen LogP contribution in [0, 0.1) is 24.1 Å². The summed E-state index contributed by atoms with van der Waals surface area (Å²) in [6.07, 6.45) is 3.19. The van der Waals surface area contributed by atoms with Gasteiger partial charge in [-0.15, -0.1) is 0 Å². The zero-order valence-corrected chi connectivity index (χ0v) is 10.8. The number of nitrogens with zero attached hydrogens (tertiary/aromatic N) is 1. The number of carbonyl (C=O) groups excluding carboxylic acids is 1. The minimum absolute atomic E-state index is 0.114. The summed E-state index contributed by atoms with van der Waals surface area (Å²) in [6.45, 7) is 1.73. The highest BCUT2D eigenvalue weighted by Crippen LogP contribution is 2.45. The maximum absolute atomic E-state index is 14.1. The zero-order chi connectivity index (χ0) is 14.2. The third-order valence-electron chi connectivity index (χ3n) is 3.91. The van der Waals surface area contributed by atoms with Crippen LogP contribution in [0.4, 0.5) is 10.1 Å². The Morgan fingerprint density at radius 2 is 2.05 bits per heavy atom. The number of primary amides is 1. The molecule has 1 aromatic carbocycles. The molecule has 1 fully saturated rings. The van der Waals surface area contributed by atoms with E-state index in [1.165, 1.54) is 6.07 Å². The van der Waals surface area contributed by atoms with Crippen molar-refractivity contribution in [2.75, 3.05) is 5.73 Å². The molecule has 0 heterocycles. The smallest absolute Gasteiger partial charge is 0.251 e. The molecule has 1 amide bonds. The van der Waals surface area contributed by atoms with E-state index in [1.807, 2.05) is 0 Å². The number of halogens is 1. The number of carbonyl (C=O) groups is 1. The van der Waals surface area contributed by atoms with Gasteiger partial charge in [-0.05, 0) is 31.4 Å². The van der Waals surface area contributed by atoms with Crippen LogP contribution in [0.15, 0.2) is 6.07 Å². The lowest BCUT2D eigenvalue weighted by Crippen LogP contribution is -2.25. The van der Waals surface area contributed by atoms with E-state index in [9.17, 15) is 14.4 Å². The minimum atomic E-state index is -0.851. The van der Waals surface area contributed by atoms with Crippen LogP contribution >= 0.6 is 0 Å². The van der Waals surface area contributed by atoms with E-state index < -0.39 is 17.1 Å². The fourth-order valence-corrected chi connectivity index (χ4v) is 3.03. The number of nitriles is 1. The lowest BCUT2D eigenvalue weighted by molar-refractivity contribution is 0.0996. The molecule has 0 atom stereocenters. The van der Waals surface area contributed by atoms with Crippen LogP contribution < -0.4 is 11.5 Å². The van der Waals surface area contributed by atoms with Crippen LogP contribution in [0.1, 0.15) is 47.2 Å². The average molecular weight is 261 g/mol. The average Bonchev–Trinajstić information content (AvgIpc) is 2.83. The minimum Gasteiger partial charge on any atom is -0.396 e. The molecule has 0 spiro atoms. The molecule has 0 radical (unpaired) electrons. The molecule has 0 unspecified atom stereocenters. The third-order valence-corrected chi connectivity index (χ3v) is 3.91. The topological polar surface area (TPSA) is 92.9 Å². The van der Waals surface area contributed by atoms with E-state index >= 15 is 0 Å². The summed E-state index contributed by atoms with van der Waals surface area (Å²) in [6, 6.07) is 3.68. The SMILES string of the molecule is Cc1cc(C(N)=O)c(F)c(N)c1C1(C#N)CCCC1. The van der Waals surface area contributed by atoms with Crippen molar-refractivity contribution in [3.63, 3.8) is 0 Å². The Labute approximate surface area is 111 Å². The van der Waals surface area contributed by atoms with E-state index in [-0.39, 0.29) is 11.3 Å². The quantitative estimate of drug-likeness (QED) is 0.799. The Hall–Kier alpha value is -2.09. The first kappa shape index (κ1) is 13.3. The van der Waals surface area contributed by atoms with Crippen molar-refractivity contribution in [3.8, 4) is 6.07 Å². The summed E-state index contributed by atoms with van der Waals surface area (Å²) in [5.41, 5.74) is 11.1. The maximum atomic E-state index is 14.1. The Morgan fingerprint density at radius 1 is 1.47 bits per heavy atom. The molecule has 2 rings (SSSR count). The second-order valence-corrected chi connectivity index (χ2v) is 5.11. The fourth-order valence-electron chi connectivity index (χ4n) is 3.03. The van der Waals surface area contributed by atoms with Crippen LogP contribution in [0.2, 0.25) is 0 Å². The highest BCUT2D eigenvalue weighted by molar-refractivity contribution is 5.94. The molecule has 19 heavy (non-hydrogen) atoms. The summed E-state index contributed by atoms with van der Waals surface area (Å²) in [7, 11) is 0. The summed E-state index contributed by atoms with van der Waals surface area (Å²) >= 11 is 0. The summed E-state index contributed by atoms with van der Waals surface area (Å²) in [4.78, 5) is 11.2. The van der Waals surface area contributed by atoms with Gasteiger partial charge in [0.2, 0.25) is 0 Å². The number of rotatable bonds is 2. The van der Waals surface area contributed by atoms with Crippen molar-refractivity contribution in [3.05, 3.63) is 28.6 Å². The zero-order valence-electron chi connectivity index (χ0n) is 10.8.